The van der Waals surface area contributed by atoms with Crippen LogP contribution in [0.15, 0.2) is 54.6 Å². The molecule has 0 spiro atoms. The van der Waals surface area contributed by atoms with Crippen LogP contribution in [0.5, 0.6) is 0 Å². The van der Waals surface area contributed by atoms with Gasteiger partial charge < -0.3 is 20.1 Å². The largest absolute Gasteiger partial charge is 0.480 e. The number of anilines is 1. The molecule has 0 radical (unpaired) electrons. The zero-order valence-electron chi connectivity index (χ0n) is 15.0. The number of carboxylic acid groups (broad SMARTS) is 1. The quantitative estimate of drug-likeness (QED) is 0.762. The van der Waals surface area contributed by atoms with Crippen molar-refractivity contribution in [2.45, 2.75) is 18.5 Å². The van der Waals surface area contributed by atoms with Gasteiger partial charge in [0, 0.05) is 10.7 Å². The van der Waals surface area contributed by atoms with E-state index in [0.717, 1.165) is 0 Å². The number of hydrogen-bond donors (Lipinski definition) is 2. The van der Waals surface area contributed by atoms with Crippen LogP contribution in [0.4, 0.5) is 10.5 Å². The van der Waals surface area contributed by atoms with Crippen LogP contribution in [0.3, 0.4) is 0 Å². The number of esters is 1. The van der Waals surface area contributed by atoms with E-state index in [2.05, 4.69) is 5.32 Å². The third-order valence-electron chi connectivity index (χ3n) is 4.73. The molecule has 0 saturated carbocycles. The van der Waals surface area contributed by atoms with Crippen molar-refractivity contribution in [1.29, 1.82) is 0 Å². The summed E-state index contributed by atoms with van der Waals surface area (Å²) in [5, 5.41) is 12.8. The number of aliphatic carboxylic acids is 1. The number of likely N-dealkylation sites (tertiary alicyclic amines) is 1. The number of methoxy groups -OCH3 is 1. The molecule has 1 saturated heterocycles. The zero-order chi connectivity index (χ0) is 20.3. The number of nitrogens with one attached hydrogen (secondary N) is 1. The van der Waals surface area contributed by atoms with E-state index in [4.69, 9.17) is 16.3 Å². The first-order valence-electron chi connectivity index (χ1n) is 8.63. The Balaban J connectivity index is 2.00. The van der Waals surface area contributed by atoms with E-state index < -0.39 is 36.0 Å². The number of carbonyl (C=O) groups is 3. The first kappa shape index (κ1) is 19.7. The Kier molecular flexibility index (Phi) is 5.84. The maximum absolute atomic E-state index is 13.0. The minimum Gasteiger partial charge on any atom is -0.480 e. The summed E-state index contributed by atoms with van der Waals surface area (Å²) in [5.41, 5.74) is 1.08. The number of halogens is 1. The van der Waals surface area contributed by atoms with Crippen LogP contribution >= 0.6 is 11.6 Å². The minimum absolute atomic E-state index is 0.0372. The van der Waals surface area contributed by atoms with Crippen LogP contribution in [0.2, 0.25) is 5.02 Å². The molecule has 1 fully saturated rings. The van der Waals surface area contributed by atoms with E-state index in [0.29, 0.717) is 16.3 Å². The first-order valence-corrected chi connectivity index (χ1v) is 9.00. The van der Waals surface area contributed by atoms with E-state index in [1.807, 2.05) is 0 Å². The smallest absolute Gasteiger partial charge is 0.326 e. The van der Waals surface area contributed by atoms with Gasteiger partial charge in [0.2, 0.25) is 0 Å². The SMILES string of the molecule is COC(=O)C1CC(C(=O)O)N(C(=O)Nc2cccc(Cl)c2)C1c1ccccc1. The lowest BCUT2D eigenvalue weighted by Crippen LogP contribution is -2.44. The molecule has 3 rings (SSSR count). The molecule has 2 N–H and O–H groups in total. The van der Waals surface area contributed by atoms with Gasteiger partial charge in [0.25, 0.3) is 0 Å². The molecule has 2 amide bonds. The van der Waals surface area contributed by atoms with Gasteiger partial charge in [-0.25, -0.2) is 9.59 Å². The number of carboxylic acids is 1. The molecule has 146 valence electrons. The number of urea groups is 1. The van der Waals surface area contributed by atoms with E-state index in [1.165, 1.54) is 12.0 Å². The zero-order valence-corrected chi connectivity index (χ0v) is 15.8. The van der Waals surface area contributed by atoms with Gasteiger partial charge in [-0.05, 0) is 30.2 Å². The van der Waals surface area contributed by atoms with Crippen molar-refractivity contribution in [2.75, 3.05) is 12.4 Å². The van der Waals surface area contributed by atoms with Crippen LogP contribution in [-0.4, -0.2) is 41.1 Å². The number of nitrogens with zero attached hydrogens (tertiary/aromatic N) is 1. The second-order valence-corrected chi connectivity index (χ2v) is 6.86. The number of rotatable bonds is 4. The predicted octanol–water partition coefficient (Wildman–Crippen LogP) is 3.56. The van der Waals surface area contributed by atoms with Gasteiger partial charge in [-0.1, -0.05) is 48.0 Å². The molecule has 8 heteroatoms. The second-order valence-electron chi connectivity index (χ2n) is 6.42. The van der Waals surface area contributed by atoms with Crippen molar-refractivity contribution in [3.63, 3.8) is 0 Å². The highest BCUT2D eigenvalue weighted by Crippen LogP contribution is 2.42. The van der Waals surface area contributed by atoms with Gasteiger partial charge in [-0.15, -0.1) is 0 Å². The number of benzene rings is 2. The van der Waals surface area contributed by atoms with Gasteiger partial charge in [0.15, 0.2) is 0 Å². The van der Waals surface area contributed by atoms with E-state index in [-0.39, 0.29) is 6.42 Å². The lowest BCUT2D eigenvalue weighted by Gasteiger charge is -2.30. The van der Waals surface area contributed by atoms with Crippen LogP contribution < -0.4 is 5.32 Å². The van der Waals surface area contributed by atoms with Crippen molar-refractivity contribution in [3.05, 3.63) is 65.2 Å². The molecule has 0 aliphatic carbocycles. The lowest BCUT2D eigenvalue weighted by atomic mass is 9.93. The molecule has 7 nitrogen and oxygen atoms in total. The summed E-state index contributed by atoms with van der Waals surface area (Å²) in [4.78, 5) is 38.4. The molecule has 2 aromatic rings. The average Bonchev–Trinajstić information content (AvgIpc) is 3.09. The highest BCUT2D eigenvalue weighted by Gasteiger charge is 2.51. The fourth-order valence-electron chi connectivity index (χ4n) is 3.53. The first-order chi connectivity index (χ1) is 13.4. The Morgan fingerprint density at radius 2 is 1.86 bits per heavy atom. The maximum atomic E-state index is 13.0. The topological polar surface area (TPSA) is 95.9 Å². The summed E-state index contributed by atoms with van der Waals surface area (Å²) in [6.07, 6.45) is -0.0372. The molecular weight excluding hydrogens is 384 g/mol. The summed E-state index contributed by atoms with van der Waals surface area (Å²) in [7, 11) is 1.24. The van der Waals surface area contributed by atoms with Crippen LogP contribution in [0.1, 0.15) is 18.0 Å². The van der Waals surface area contributed by atoms with Crippen molar-refractivity contribution in [3.8, 4) is 0 Å². The Morgan fingerprint density at radius 3 is 2.46 bits per heavy atom. The number of amides is 2. The summed E-state index contributed by atoms with van der Waals surface area (Å²) < 4.78 is 4.87. The van der Waals surface area contributed by atoms with Crippen molar-refractivity contribution in [2.24, 2.45) is 5.92 Å². The molecule has 1 aliphatic rings. The average molecular weight is 403 g/mol. The third kappa shape index (κ3) is 3.94. The van der Waals surface area contributed by atoms with Crippen LogP contribution in [0.25, 0.3) is 0 Å². The van der Waals surface area contributed by atoms with Gasteiger partial charge in [-0.3, -0.25) is 4.79 Å². The summed E-state index contributed by atoms with van der Waals surface area (Å²) >= 11 is 5.95. The molecule has 2 aromatic carbocycles. The molecule has 0 aromatic heterocycles. The molecular formula is C20H19ClN2O5. The Morgan fingerprint density at radius 1 is 1.14 bits per heavy atom. The predicted molar refractivity (Wildman–Crippen MR) is 103 cm³/mol. The Hall–Kier alpha value is -3.06. The van der Waals surface area contributed by atoms with Gasteiger partial charge in [0.1, 0.15) is 6.04 Å². The summed E-state index contributed by atoms with van der Waals surface area (Å²) in [6.45, 7) is 0. The fourth-order valence-corrected chi connectivity index (χ4v) is 3.72. The standard InChI is InChI=1S/C20H19ClN2O5/c1-28-19(26)15-11-16(18(24)25)23(17(15)12-6-3-2-4-7-12)20(27)22-14-9-5-8-13(21)10-14/h2-10,15-17H,11H2,1H3,(H,22,27)(H,24,25). The summed E-state index contributed by atoms with van der Waals surface area (Å²) in [6, 6.07) is 12.8. The van der Waals surface area contributed by atoms with Crippen LogP contribution in [-0.2, 0) is 14.3 Å². The number of carbonyl (C=O) groups excluding carboxylic acids is 2. The van der Waals surface area contributed by atoms with Gasteiger partial charge in [0.05, 0.1) is 19.1 Å². The molecule has 3 atom stereocenters. The molecule has 3 unspecified atom stereocenters. The highest BCUT2D eigenvalue weighted by molar-refractivity contribution is 6.30. The Labute approximate surface area is 166 Å². The molecule has 1 aliphatic heterocycles. The minimum atomic E-state index is -1.19. The van der Waals surface area contributed by atoms with Crippen molar-refractivity contribution < 1.29 is 24.2 Å². The molecule has 1 heterocycles. The highest BCUT2D eigenvalue weighted by atomic mass is 35.5. The van der Waals surface area contributed by atoms with Gasteiger partial charge in [-0.2, -0.15) is 0 Å². The van der Waals surface area contributed by atoms with Crippen LogP contribution in [0, 0.1) is 5.92 Å². The van der Waals surface area contributed by atoms with Gasteiger partial charge >= 0.3 is 18.0 Å². The van der Waals surface area contributed by atoms with E-state index in [1.54, 1.807) is 54.6 Å². The fraction of sp³-hybridized carbons (Fsp3) is 0.250. The van der Waals surface area contributed by atoms with E-state index in [9.17, 15) is 19.5 Å². The molecule has 28 heavy (non-hydrogen) atoms. The van der Waals surface area contributed by atoms with Crippen molar-refractivity contribution >= 4 is 35.3 Å². The lowest BCUT2D eigenvalue weighted by molar-refractivity contribution is -0.146. The second kappa shape index (κ2) is 8.31. The molecule has 0 bridgehead atoms. The Bertz CT molecular complexity index is 889. The maximum Gasteiger partial charge on any atom is 0.326 e. The summed E-state index contributed by atoms with van der Waals surface area (Å²) in [5.74, 6) is -2.54. The van der Waals surface area contributed by atoms with E-state index >= 15 is 0 Å². The number of ether oxygens (including phenoxy) is 1. The monoisotopic (exact) mass is 402 g/mol. The normalized spacial score (nSPS) is 21.2. The number of hydrogen-bond acceptors (Lipinski definition) is 4. The van der Waals surface area contributed by atoms with Crippen molar-refractivity contribution in [1.82, 2.24) is 4.90 Å². The third-order valence-corrected chi connectivity index (χ3v) is 4.97.